The van der Waals surface area contributed by atoms with E-state index >= 15 is 4.79 Å². The fraction of sp³-hybridized carbons (Fsp3) is 0.846. The SMILES string of the molecule is CC[C@@H](C(=O)C(C)(C)[C@H](CCO[Si](C)(C)C(C)(C)C)O[Si](C)(C)C(C)(C)C)[C@@H](O[Si](C)(C)C(C)(C)C)[C@@H](C)CCCC(C)=CC[C@H](O[Si](C)(C)C(C)(C)C)C(C)=Cc1csc(C)n1. The van der Waals surface area contributed by atoms with E-state index in [0.29, 0.717) is 13.0 Å². The molecule has 5 atom stereocenters. The number of aromatic nitrogens is 1. The number of nitrogens with zero attached hydrogens (tertiary/aromatic N) is 1. The second-order valence-corrected chi connectivity index (χ2v) is 46.1. The molecule has 11 heteroatoms. The topological polar surface area (TPSA) is 66.9 Å². The Bertz CT molecular complexity index is 1650. The second kappa shape index (κ2) is 22.7. The summed E-state index contributed by atoms with van der Waals surface area (Å²) in [5.41, 5.74) is 2.91. The van der Waals surface area contributed by atoms with Crippen LogP contribution in [0.5, 0.6) is 0 Å². The first-order chi connectivity index (χ1) is 28.0. The van der Waals surface area contributed by atoms with Crippen molar-refractivity contribution in [3.8, 4) is 0 Å². The summed E-state index contributed by atoms with van der Waals surface area (Å²) in [6, 6.07) is 0. The van der Waals surface area contributed by atoms with E-state index < -0.39 is 38.7 Å². The average molecular weight is 967 g/mol. The smallest absolute Gasteiger partial charge is 0.192 e. The van der Waals surface area contributed by atoms with E-state index in [2.05, 4.69) is 201 Å². The molecule has 1 aromatic heterocycles. The summed E-state index contributed by atoms with van der Waals surface area (Å²) in [6.07, 6.45) is 9.52. The molecule has 0 aliphatic carbocycles. The number of ketones is 1. The molecule has 0 unspecified atom stereocenters. The van der Waals surface area contributed by atoms with Crippen LogP contribution in [0.4, 0.5) is 0 Å². The first-order valence-electron chi connectivity index (χ1n) is 24.5. The molecule has 0 spiro atoms. The summed E-state index contributed by atoms with van der Waals surface area (Å²) in [6.45, 7) is 62.2. The highest BCUT2D eigenvalue weighted by Crippen LogP contribution is 2.46. The Labute approximate surface area is 399 Å². The molecule has 0 bridgehead atoms. The van der Waals surface area contributed by atoms with E-state index in [-0.39, 0.29) is 56.1 Å². The van der Waals surface area contributed by atoms with Crippen molar-refractivity contribution < 1.29 is 22.5 Å². The van der Waals surface area contributed by atoms with Crippen LogP contribution in [-0.4, -0.2) is 69.0 Å². The average Bonchev–Trinajstić information content (AvgIpc) is 3.50. The van der Waals surface area contributed by atoms with Crippen molar-refractivity contribution >= 4 is 56.5 Å². The monoisotopic (exact) mass is 966 g/mol. The lowest BCUT2D eigenvalue weighted by molar-refractivity contribution is -0.142. The summed E-state index contributed by atoms with van der Waals surface area (Å²) in [5.74, 6) is 0.244. The van der Waals surface area contributed by atoms with Gasteiger partial charge in [-0.15, -0.1) is 11.3 Å². The standard InChI is InChI=1S/C52H103NO5SSi4/c1-28-43(47(54)52(18,19)45(57-62(24,25)50(12,13)14)34-35-55-60(20,21)48(6,7)8)46(58-63(26,27)51(15,16)17)39(3)31-29-30-38(2)32-33-44(56-61(22,23)49(9,10)11)40(4)36-42-37-59-41(5)53-42/h32,36-37,39,43-46H,28-31,33-35H2,1-27H3/t39-,43+,44-,45-,46-/m0/s1. The molecule has 0 amide bonds. The van der Waals surface area contributed by atoms with Gasteiger partial charge < -0.3 is 17.7 Å². The second-order valence-electron chi connectivity index (χ2n) is 25.9. The number of aryl methyl sites for hydroxylation is 1. The van der Waals surface area contributed by atoms with E-state index in [0.717, 1.165) is 42.8 Å². The number of rotatable bonds is 24. The fourth-order valence-electron chi connectivity index (χ4n) is 6.96. The van der Waals surface area contributed by atoms with Gasteiger partial charge in [-0.3, -0.25) is 4.79 Å². The molecule has 0 aliphatic heterocycles. The minimum Gasteiger partial charge on any atom is -0.417 e. The highest BCUT2D eigenvalue weighted by Gasteiger charge is 2.50. The maximum atomic E-state index is 15.4. The molecule has 0 aliphatic rings. The van der Waals surface area contributed by atoms with Gasteiger partial charge in [0.15, 0.2) is 33.3 Å². The molecule has 0 N–H and O–H groups in total. The summed E-state index contributed by atoms with van der Waals surface area (Å²) in [7, 11) is -8.49. The van der Waals surface area contributed by atoms with Gasteiger partial charge in [0, 0.05) is 23.3 Å². The van der Waals surface area contributed by atoms with Gasteiger partial charge in [-0.05, 0) is 149 Å². The quantitative estimate of drug-likeness (QED) is 0.0760. The van der Waals surface area contributed by atoms with E-state index in [1.165, 1.54) is 11.1 Å². The van der Waals surface area contributed by atoms with Crippen molar-refractivity contribution in [3.63, 3.8) is 0 Å². The van der Waals surface area contributed by atoms with Crippen molar-refractivity contribution in [2.45, 2.75) is 261 Å². The largest absolute Gasteiger partial charge is 0.417 e. The highest BCUT2D eigenvalue weighted by molar-refractivity contribution is 7.09. The fourth-order valence-corrected chi connectivity index (χ4v) is 12.8. The predicted octanol–water partition coefficient (Wildman–Crippen LogP) is 17.2. The molecule has 1 heterocycles. The lowest BCUT2D eigenvalue weighted by Crippen LogP contribution is -2.55. The van der Waals surface area contributed by atoms with Crippen molar-refractivity contribution in [1.82, 2.24) is 4.98 Å². The molecule has 0 aromatic carbocycles. The number of thiazole rings is 1. The molecule has 1 aromatic rings. The van der Waals surface area contributed by atoms with Crippen LogP contribution in [0, 0.1) is 24.2 Å². The van der Waals surface area contributed by atoms with Crippen LogP contribution in [0.1, 0.15) is 174 Å². The highest BCUT2D eigenvalue weighted by atomic mass is 32.1. The van der Waals surface area contributed by atoms with Crippen molar-refractivity contribution in [2.24, 2.45) is 17.3 Å². The van der Waals surface area contributed by atoms with Crippen LogP contribution in [-0.2, 0) is 22.5 Å². The molecular formula is C52H103NO5SSi4. The third-order valence-electron chi connectivity index (χ3n) is 16.0. The van der Waals surface area contributed by atoms with E-state index in [1.54, 1.807) is 11.3 Å². The minimum absolute atomic E-state index is 0.00637. The number of allylic oxidation sites excluding steroid dienone is 1. The molecule has 368 valence electrons. The Morgan fingerprint density at radius 1 is 0.730 bits per heavy atom. The van der Waals surface area contributed by atoms with E-state index in [1.807, 2.05) is 0 Å². The summed E-state index contributed by atoms with van der Waals surface area (Å²) in [5, 5.41) is 3.48. The molecule has 1 rings (SSSR count). The van der Waals surface area contributed by atoms with Gasteiger partial charge in [0.1, 0.15) is 5.78 Å². The van der Waals surface area contributed by atoms with Crippen LogP contribution in [0.15, 0.2) is 22.6 Å². The van der Waals surface area contributed by atoms with Gasteiger partial charge in [0.2, 0.25) is 0 Å². The van der Waals surface area contributed by atoms with Crippen LogP contribution >= 0.6 is 11.3 Å². The first-order valence-corrected chi connectivity index (χ1v) is 37.0. The number of hydrogen-bond acceptors (Lipinski definition) is 7. The number of carbonyl (C=O) groups is 1. The van der Waals surface area contributed by atoms with Gasteiger partial charge in [0.05, 0.1) is 29.0 Å². The van der Waals surface area contributed by atoms with E-state index in [9.17, 15) is 0 Å². The molecule has 0 fully saturated rings. The Morgan fingerprint density at radius 3 is 1.65 bits per heavy atom. The third-order valence-corrected chi connectivity index (χ3v) is 34.8. The van der Waals surface area contributed by atoms with Crippen LogP contribution < -0.4 is 0 Å². The zero-order valence-corrected chi connectivity index (χ0v) is 51.3. The molecule has 0 radical (unpaired) electrons. The lowest BCUT2D eigenvalue weighted by atomic mass is 9.71. The normalized spacial score (nSPS) is 17.4. The molecule has 6 nitrogen and oxygen atoms in total. The van der Waals surface area contributed by atoms with Crippen molar-refractivity contribution in [2.75, 3.05) is 6.61 Å². The maximum Gasteiger partial charge on any atom is 0.192 e. The summed E-state index contributed by atoms with van der Waals surface area (Å²) < 4.78 is 28.6. The number of Topliss-reactive ketones (excluding diaryl/α,β-unsaturated/α-hetero) is 1. The van der Waals surface area contributed by atoms with Crippen molar-refractivity contribution in [1.29, 1.82) is 0 Å². The molecular weight excluding hydrogens is 863 g/mol. The zero-order chi connectivity index (χ0) is 49.6. The Morgan fingerprint density at radius 2 is 1.21 bits per heavy atom. The minimum atomic E-state index is -2.25. The lowest BCUT2D eigenvalue weighted by Gasteiger charge is -2.47. The first kappa shape index (κ1) is 60.5. The summed E-state index contributed by atoms with van der Waals surface area (Å²) >= 11 is 1.69. The Kier molecular flexibility index (Phi) is 21.8. The third kappa shape index (κ3) is 17.5. The van der Waals surface area contributed by atoms with Crippen molar-refractivity contribution in [3.05, 3.63) is 33.3 Å². The Hall–Kier alpha value is -0.512. The van der Waals surface area contributed by atoms with Gasteiger partial charge >= 0.3 is 0 Å². The number of hydrogen-bond donors (Lipinski definition) is 0. The maximum absolute atomic E-state index is 15.4. The van der Waals surface area contributed by atoms with Gasteiger partial charge in [-0.1, -0.05) is 122 Å². The molecule has 63 heavy (non-hydrogen) atoms. The van der Waals surface area contributed by atoms with Gasteiger partial charge in [0.25, 0.3) is 0 Å². The van der Waals surface area contributed by atoms with Gasteiger partial charge in [-0.25, -0.2) is 4.98 Å². The van der Waals surface area contributed by atoms with Gasteiger partial charge in [-0.2, -0.15) is 0 Å². The summed E-state index contributed by atoms with van der Waals surface area (Å²) in [4.78, 5) is 20.2. The van der Waals surface area contributed by atoms with Crippen LogP contribution in [0.25, 0.3) is 6.08 Å². The molecule has 0 saturated carbocycles. The number of carbonyl (C=O) groups excluding carboxylic acids is 1. The zero-order valence-electron chi connectivity index (χ0n) is 46.5. The van der Waals surface area contributed by atoms with Crippen LogP contribution in [0.2, 0.25) is 72.5 Å². The van der Waals surface area contributed by atoms with Crippen LogP contribution in [0.3, 0.4) is 0 Å². The van der Waals surface area contributed by atoms with E-state index in [4.69, 9.17) is 22.7 Å². The molecule has 0 saturated heterocycles. The Balaban J connectivity index is 3.54. The predicted molar refractivity (Wildman–Crippen MR) is 288 cm³/mol.